The normalized spacial score (nSPS) is 15.1. The molecule has 1 fully saturated rings. The molecule has 0 radical (unpaired) electrons. The molecule has 37 heavy (non-hydrogen) atoms. The number of hydrogen-bond acceptors (Lipinski definition) is 4. The molecule has 0 bridgehead atoms. The number of nitrogens with zero attached hydrogens (tertiary/aromatic N) is 3. The van der Waals surface area contributed by atoms with Gasteiger partial charge >= 0.3 is 0 Å². The Morgan fingerprint density at radius 2 is 1.84 bits per heavy atom. The van der Waals surface area contributed by atoms with E-state index in [9.17, 15) is 5.26 Å². The van der Waals surface area contributed by atoms with Crippen LogP contribution in [-0.2, 0) is 0 Å². The number of hydrogen-bond donors (Lipinski definition) is 2. The average Bonchev–Trinajstić information content (AvgIpc) is 2.94. The van der Waals surface area contributed by atoms with Gasteiger partial charge in [0.2, 0.25) is 0 Å². The molecule has 0 aliphatic carbocycles. The summed E-state index contributed by atoms with van der Waals surface area (Å²) in [6.07, 6.45) is 10.5. The number of amidine groups is 1. The third-order valence-electron chi connectivity index (χ3n) is 6.11. The summed E-state index contributed by atoms with van der Waals surface area (Å²) in [5.74, 6) is 3.34. The number of rotatable bonds is 8. The zero-order chi connectivity index (χ0) is 27.6. The van der Waals surface area contributed by atoms with Crippen LogP contribution in [0.25, 0.3) is 11.1 Å². The van der Waals surface area contributed by atoms with E-state index in [1.165, 1.54) is 5.56 Å². The summed E-state index contributed by atoms with van der Waals surface area (Å²) in [5.41, 5.74) is 11.1. The molecule has 0 saturated carbocycles. The molecule has 2 aromatic rings. The van der Waals surface area contributed by atoms with E-state index in [1.807, 2.05) is 51.1 Å². The molecule has 1 aliphatic rings. The number of likely N-dealkylation sites (tertiary alicyclic amines) is 1. The third kappa shape index (κ3) is 10.5. The number of piperidine rings is 1. The standard InChI is InChI=1S/C27H33N5.C3H4.C2H6/c1-4-25(5-2)31-26(29)19-30-27(23-13-15-32(3)16-14-23)22-11-9-21(10-12-22)24-8-6-7-20(17-24)18-28;1-3-2;1-2/h4-12,17,23,27,30H,1,13-16,19H2,2-3H3,(H2,29,31);1H,2H3;1-2H3/b25-5+;;. The lowest BCUT2D eigenvalue weighted by Crippen LogP contribution is -2.40. The largest absolute Gasteiger partial charge is 0.386 e. The van der Waals surface area contributed by atoms with Gasteiger partial charge in [0.05, 0.1) is 23.9 Å². The zero-order valence-electron chi connectivity index (χ0n) is 23.2. The first-order valence-electron chi connectivity index (χ1n) is 13.0. The van der Waals surface area contributed by atoms with Gasteiger partial charge in [-0.1, -0.05) is 62.9 Å². The van der Waals surface area contributed by atoms with Crippen molar-refractivity contribution in [2.24, 2.45) is 16.6 Å². The Labute approximate surface area is 224 Å². The maximum absolute atomic E-state index is 9.19. The molecule has 2 aromatic carbocycles. The van der Waals surface area contributed by atoms with Gasteiger partial charge in [0.15, 0.2) is 0 Å². The number of benzene rings is 2. The van der Waals surface area contributed by atoms with E-state index >= 15 is 0 Å². The van der Waals surface area contributed by atoms with Crippen molar-refractivity contribution in [2.45, 2.75) is 46.6 Å². The summed E-state index contributed by atoms with van der Waals surface area (Å²) in [7, 11) is 2.18. The Kier molecular flexibility index (Phi) is 15.0. The predicted octanol–water partition coefficient (Wildman–Crippen LogP) is 6.31. The second kappa shape index (κ2) is 17.7. The molecule has 0 amide bonds. The minimum atomic E-state index is 0.203. The second-order valence-electron chi connectivity index (χ2n) is 8.62. The van der Waals surface area contributed by atoms with E-state index < -0.39 is 0 Å². The minimum Gasteiger partial charge on any atom is -0.386 e. The molecule has 5 heteroatoms. The maximum atomic E-state index is 9.19. The lowest BCUT2D eigenvalue weighted by Gasteiger charge is -2.35. The van der Waals surface area contributed by atoms with Gasteiger partial charge in [-0.25, -0.2) is 4.99 Å². The first-order chi connectivity index (χ1) is 17.9. The second-order valence-corrected chi connectivity index (χ2v) is 8.62. The summed E-state index contributed by atoms with van der Waals surface area (Å²) in [6.45, 7) is 14.1. The van der Waals surface area contributed by atoms with E-state index in [4.69, 9.17) is 5.73 Å². The van der Waals surface area contributed by atoms with Crippen LogP contribution in [-0.4, -0.2) is 37.4 Å². The summed E-state index contributed by atoms with van der Waals surface area (Å²) in [6, 6.07) is 18.8. The van der Waals surface area contributed by atoms with Gasteiger partial charge in [-0.15, -0.1) is 12.3 Å². The van der Waals surface area contributed by atoms with Crippen LogP contribution in [0.2, 0.25) is 0 Å². The Hall–Kier alpha value is -3.64. The summed E-state index contributed by atoms with van der Waals surface area (Å²) < 4.78 is 0. The van der Waals surface area contributed by atoms with Crippen LogP contribution in [0.15, 0.2) is 78.0 Å². The minimum absolute atomic E-state index is 0.203. The highest BCUT2D eigenvalue weighted by molar-refractivity contribution is 5.83. The Morgan fingerprint density at radius 1 is 1.22 bits per heavy atom. The first-order valence-corrected chi connectivity index (χ1v) is 13.0. The van der Waals surface area contributed by atoms with E-state index in [1.54, 1.807) is 13.0 Å². The Bertz CT molecular complexity index is 1090. The van der Waals surface area contributed by atoms with Gasteiger partial charge in [-0.05, 0) is 87.6 Å². The molecule has 3 rings (SSSR count). The number of terminal acetylenes is 1. The van der Waals surface area contributed by atoms with Gasteiger partial charge in [-0.2, -0.15) is 5.26 Å². The smallest absolute Gasteiger partial charge is 0.114 e. The molecule has 196 valence electrons. The fourth-order valence-electron chi connectivity index (χ4n) is 4.22. The van der Waals surface area contributed by atoms with Crippen molar-refractivity contribution in [3.8, 4) is 29.5 Å². The maximum Gasteiger partial charge on any atom is 0.114 e. The highest BCUT2D eigenvalue weighted by Gasteiger charge is 2.26. The molecular formula is C32H43N5. The molecule has 1 heterocycles. The van der Waals surface area contributed by atoms with Gasteiger partial charge in [0.25, 0.3) is 0 Å². The average molecular weight is 498 g/mol. The summed E-state index contributed by atoms with van der Waals surface area (Å²) in [4.78, 5) is 6.83. The van der Waals surface area contributed by atoms with Gasteiger partial charge in [-0.3, -0.25) is 0 Å². The number of aliphatic imine (C=N–C) groups is 1. The molecule has 5 nitrogen and oxygen atoms in total. The van der Waals surface area contributed by atoms with Crippen molar-refractivity contribution in [3.05, 3.63) is 84.1 Å². The van der Waals surface area contributed by atoms with Crippen molar-refractivity contribution in [2.75, 3.05) is 26.7 Å². The summed E-state index contributed by atoms with van der Waals surface area (Å²) in [5, 5.41) is 12.9. The van der Waals surface area contributed by atoms with Gasteiger partial charge < -0.3 is 16.0 Å². The van der Waals surface area contributed by atoms with Crippen molar-refractivity contribution in [3.63, 3.8) is 0 Å². The van der Waals surface area contributed by atoms with Crippen LogP contribution in [0.5, 0.6) is 0 Å². The molecule has 3 N–H and O–H groups in total. The van der Waals surface area contributed by atoms with E-state index in [0.29, 0.717) is 23.9 Å². The van der Waals surface area contributed by atoms with E-state index in [0.717, 1.165) is 42.8 Å². The third-order valence-corrected chi connectivity index (χ3v) is 6.11. The molecule has 1 unspecified atom stereocenters. The molecule has 1 saturated heterocycles. The molecule has 1 atom stereocenters. The van der Waals surface area contributed by atoms with Gasteiger partial charge in [0, 0.05) is 6.04 Å². The van der Waals surface area contributed by atoms with Crippen molar-refractivity contribution in [1.29, 1.82) is 5.26 Å². The van der Waals surface area contributed by atoms with Crippen LogP contribution in [0.4, 0.5) is 0 Å². The lowest BCUT2D eigenvalue weighted by molar-refractivity contribution is 0.187. The number of allylic oxidation sites excluding steroid dienone is 2. The van der Waals surface area contributed by atoms with Crippen LogP contribution in [0.3, 0.4) is 0 Å². The van der Waals surface area contributed by atoms with Crippen molar-refractivity contribution >= 4 is 5.84 Å². The van der Waals surface area contributed by atoms with E-state index in [2.05, 4.69) is 71.5 Å². The molecule has 0 aromatic heterocycles. The molecular weight excluding hydrogens is 454 g/mol. The number of nitrogens with one attached hydrogen (secondary N) is 1. The van der Waals surface area contributed by atoms with Crippen LogP contribution >= 0.6 is 0 Å². The Balaban J connectivity index is 0.00000127. The Morgan fingerprint density at radius 3 is 2.38 bits per heavy atom. The monoisotopic (exact) mass is 497 g/mol. The fourth-order valence-corrected chi connectivity index (χ4v) is 4.22. The number of nitriles is 1. The quantitative estimate of drug-likeness (QED) is 0.194. The predicted molar refractivity (Wildman–Crippen MR) is 159 cm³/mol. The lowest BCUT2D eigenvalue weighted by atomic mass is 9.85. The molecule has 1 aliphatic heterocycles. The van der Waals surface area contributed by atoms with Crippen molar-refractivity contribution in [1.82, 2.24) is 10.2 Å². The summed E-state index contributed by atoms with van der Waals surface area (Å²) >= 11 is 0. The topological polar surface area (TPSA) is 77.4 Å². The van der Waals surface area contributed by atoms with E-state index in [-0.39, 0.29) is 6.04 Å². The van der Waals surface area contributed by atoms with Crippen LogP contribution in [0, 0.1) is 29.6 Å². The van der Waals surface area contributed by atoms with Gasteiger partial charge in [0.1, 0.15) is 5.84 Å². The highest BCUT2D eigenvalue weighted by Crippen LogP contribution is 2.32. The zero-order valence-corrected chi connectivity index (χ0v) is 23.2. The number of nitrogens with two attached hydrogens (primary N) is 1. The highest BCUT2D eigenvalue weighted by atomic mass is 15.1. The molecule has 0 spiro atoms. The fraction of sp³-hybridized carbons (Fsp3) is 0.375. The van der Waals surface area contributed by atoms with Crippen molar-refractivity contribution < 1.29 is 0 Å². The SMILES string of the molecule is C#CC.C=C/C(=C\C)N=C(N)CNC(c1ccc(-c2cccc(C#N)c2)cc1)C1CCN(C)CC1.CC. The first kappa shape index (κ1) is 31.4. The van der Waals surface area contributed by atoms with Crippen LogP contribution < -0.4 is 11.1 Å². The van der Waals surface area contributed by atoms with Crippen LogP contribution in [0.1, 0.15) is 57.7 Å².